The Bertz CT molecular complexity index is 465. The van der Waals surface area contributed by atoms with Crippen molar-refractivity contribution in [3.8, 4) is 0 Å². The van der Waals surface area contributed by atoms with E-state index in [-0.39, 0.29) is 0 Å². The van der Waals surface area contributed by atoms with Crippen LogP contribution in [0.5, 0.6) is 0 Å². The van der Waals surface area contributed by atoms with Gasteiger partial charge in [-0.05, 0) is 48.3 Å². The molecule has 0 spiro atoms. The number of rotatable bonds is 1. The van der Waals surface area contributed by atoms with Gasteiger partial charge in [0, 0.05) is 35.8 Å². The van der Waals surface area contributed by atoms with Crippen molar-refractivity contribution in [3.63, 3.8) is 0 Å². The second-order valence-corrected chi connectivity index (χ2v) is 6.63. The Morgan fingerprint density at radius 1 is 1.37 bits per heavy atom. The predicted molar refractivity (Wildman–Crippen MR) is 82.4 cm³/mol. The summed E-state index contributed by atoms with van der Waals surface area (Å²) in [4.78, 5) is 9.55. The summed E-state index contributed by atoms with van der Waals surface area (Å²) in [7, 11) is 0. The third-order valence-electron chi connectivity index (χ3n) is 4.32. The monoisotopic (exact) mass is 324 g/mol. The molecular formula is C14H21BrN4. The molecule has 2 N–H and O–H groups in total. The first-order valence-electron chi connectivity index (χ1n) is 7.07. The highest BCUT2D eigenvalue weighted by molar-refractivity contribution is 9.10. The number of piperidine rings is 1. The van der Waals surface area contributed by atoms with Gasteiger partial charge >= 0.3 is 0 Å². The molecule has 2 atom stereocenters. The van der Waals surface area contributed by atoms with Gasteiger partial charge in [-0.2, -0.15) is 0 Å². The second-order valence-electron chi connectivity index (χ2n) is 5.71. The summed E-state index contributed by atoms with van der Waals surface area (Å²) in [6, 6.07) is 3.10. The van der Waals surface area contributed by atoms with E-state index >= 15 is 0 Å². The molecule has 0 saturated carbocycles. The highest BCUT2D eigenvalue weighted by atomic mass is 79.9. The maximum atomic E-state index is 6.13. The normalized spacial score (nSPS) is 28.2. The van der Waals surface area contributed by atoms with Crippen LogP contribution in [-0.4, -0.2) is 41.6 Å². The van der Waals surface area contributed by atoms with Crippen molar-refractivity contribution in [2.24, 2.45) is 0 Å². The van der Waals surface area contributed by atoms with Crippen molar-refractivity contribution in [2.45, 2.75) is 38.3 Å². The van der Waals surface area contributed by atoms with Crippen LogP contribution in [-0.2, 0) is 0 Å². The molecule has 0 radical (unpaired) electrons. The van der Waals surface area contributed by atoms with E-state index in [1.165, 1.54) is 25.8 Å². The summed E-state index contributed by atoms with van der Waals surface area (Å²) in [5, 5.41) is 0. The van der Waals surface area contributed by atoms with Crippen LogP contribution in [0, 0.1) is 0 Å². The van der Waals surface area contributed by atoms with Gasteiger partial charge in [0.2, 0.25) is 0 Å². The van der Waals surface area contributed by atoms with Crippen LogP contribution in [0.4, 0.5) is 11.5 Å². The van der Waals surface area contributed by atoms with Gasteiger partial charge in [0.25, 0.3) is 0 Å². The lowest BCUT2D eigenvalue weighted by Crippen LogP contribution is -2.59. The maximum Gasteiger partial charge on any atom is 0.152 e. The Morgan fingerprint density at radius 2 is 2.21 bits per heavy atom. The van der Waals surface area contributed by atoms with E-state index in [9.17, 15) is 0 Å². The average molecular weight is 325 g/mol. The van der Waals surface area contributed by atoms with Gasteiger partial charge in [-0.1, -0.05) is 6.42 Å². The molecule has 1 aromatic rings. The zero-order valence-electron chi connectivity index (χ0n) is 11.3. The van der Waals surface area contributed by atoms with E-state index in [4.69, 9.17) is 5.73 Å². The zero-order chi connectivity index (χ0) is 13.4. The lowest BCUT2D eigenvalue weighted by atomic mass is 9.97. The van der Waals surface area contributed by atoms with Crippen LogP contribution >= 0.6 is 15.9 Å². The minimum atomic E-state index is 0.477. The minimum Gasteiger partial charge on any atom is -0.396 e. The van der Waals surface area contributed by atoms with Gasteiger partial charge in [-0.15, -0.1) is 0 Å². The van der Waals surface area contributed by atoms with Crippen molar-refractivity contribution in [3.05, 3.63) is 16.7 Å². The van der Waals surface area contributed by atoms with Crippen molar-refractivity contribution >= 4 is 27.4 Å². The summed E-state index contributed by atoms with van der Waals surface area (Å²) in [5.74, 6) is 0.945. The number of nitrogen functional groups attached to an aromatic ring is 1. The molecule has 2 aliphatic heterocycles. The summed E-state index contributed by atoms with van der Waals surface area (Å²) in [6.45, 7) is 5.71. The molecule has 0 aromatic carbocycles. The van der Waals surface area contributed by atoms with E-state index in [1.807, 2.05) is 12.3 Å². The van der Waals surface area contributed by atoms with Gasteiger partial charge < -0.3 is 10.6 Å². The van der Waals surface area contributed by atoms with E-state index in [2.05, 4.69) is 37.6 Å². The number of nitrogens with two attached hydrogens (primary N) is 1. The van der Waals surface area contributed by atoms with Gasteiger partial charge in [0.05, 0.1) is 5.69 Å². The first-order chi connectivity index (χ1) is 9.15. The first kappa shape index (κ1) is 13.2. The molecule has 2 fully saturated rings. The fraction of sp³-hybridized carbons (Fsp3) is 0.643. The number of aromatic nitrogens is 1. The summed E-state index contributed by atoms with van der Waals surface area (Å²) >= 11 is 3.42. The Hall–Kier alpha value is -0.810. The Morgan fingerprint density at radius 3 is 3.00 bits per heavy atom. The molecule has 1 aromatic heterocycles. The molecule has 0 amide bonds. The molecule has 4 nitrogen and oxygen atoms in total. The molecule has 2 aliphatic rings. The highest BCUT2D eigenvalue weighted by Crippen LogP contribution is 2.31. The Kier molecular flexibility index (Phi) is 3.67. The van der Waals surface area contributed by atoms with Crippen LogP contribution in [0.2, 0.25) is 0 Å². The van der Waals surface area contributed by atoms with E-state index in [1.54, 1.807) is 0 Å². The Labute approximate surface area is 123 Å². The fourth-order valence-corrected chi connectivity index (χ4v) is 3.68. The van der Waals surface area contributed by atoms with E-state index in [0.717, 1.165) is 29.1 Å². The molecule has 104 valence electrons. The molecule has 5 heteroatoms. The standard InChI is InChI=1S/C14H21BrN4/c1-10-8-18-5-3-2-4-12(18)9-19(10)14-13(16)6-11(15)7-17-14/h6-7,10,12H,2-5,8-9,16H2,1H3. The third kappa shape index (κ3) is 2.58. The number of nitrogens with zero attached hydrogens (tertiary/aromatic N) is 3. The van der Waals surface area contributed by atoms with Gasteiger partial charge in [-0.25, -0.2) is 4.98 Å². The molecule has 3 rings (SSSR count). The number of halogens is 1. The molecular weight excluding hydrogens is 304 g/mol. The smallest absolute Gasteiger partial charge is 0.152 e. The van der Waals surface area contributed by atoms with Crippen LogP contribution in [0.3, 0.4) is 0 Å². The quantitative estimate of drug-likeness (QED) is 0.862. The summed E-state index contributed by atoms with van der Waals surface area (Å²) in [6.07, 6.45) is 5.85. The fourth-order valence-electron chi connectivity index (χ4n) is 3.33. The zero-order valence-corrected chi connectivity index (χ0v) is 12.9. The number of pyridine rings is 1. The predicted octanol–water partition coefficient (Wildman–Crippen LogP) is 2.49. The topological polar surface area (TPSA) is 45.4 Å². The van der Waals surface area contributed by atoms with Crippen molar-refractivity contribution < 1.29 is 0 Å². The summed E-state index contributed by atoms with van der Waals surface area (Å²) < 4.78 is 0.942. The SMILES string of the molecule is CC1CN2CCCCC2CN1c1ncc(Br)cc1N. The van der Waals surface area contributed by atoms with Gasteiger partial charge in [0.15, 0.2) is 5.82 Å². The summed E-state index contributed by atoms with van der Waals surface area (Å²) in [5.41, 5.74) is 6.90. The highest BCUT2D eigenvalue weighted by Gasteiger charge is 2.34. The largest absolute Gasteiger partial charge is 0.396 e. The number of hydrogen-bond donors (Lipinski definition) is 1. The Balaban J connectivity index is 1.83. The third-order valence-corrected chi connectivity index (χ3v) is 4.75. The van der Waals surface area contributed by atoms with Crippen molar-refractivity contribution in [2.75, 3.05) is 30.3 Å². The second kappa shape index (κ2) is 5.29. The molecule has 0 aliphatic carbocycles. The number of fused-ring (bicyclic) bond motifs is 1. The number of anilines is 2. The average Bonchev–Trinajstić information content (AvgIpc) is 2.38. The van der Waals surface area contributed by atoms with Crippen LogP contribution in [0.15, 0.2) is 16.7 Å². The van der Waals surface area contributed by atoms with E-state index < -0.39 is 0 Å². The minimum absolute atomic E-state index is 0.477. The lowest BCUT2D eigenvalue weighted by Gasteiger charge is -2.48. The number of hydrogen-bond acceptors (Lipinski definition) is 4. The molecule has 2 saturated heterocycles. The van der Waals surface area contributed by atoms with Crippen LogP contribution in [0.1, 0.15) is 26.2 Å². The van der Waals surface area contributed by atoms with E-state index in [0.29, 0.717) is 12.1 Å². The van der Waals surface area contributed by atoms with Gasteiger partial charge in [-0.3, -0.25) is 4.90 Å². The molecule has 3 heterocycles. The number of piperazine rings is 1. The molecule has 0 bridgehead atoms. The van der Waals surface area contributed by atoms with Crippen molar-refractivity contribution in [1.82, 2.24) is 9.88 Å². The first-order valence-corrected chi connectivity index (χ1v) is 7.86. The van der Waals surface area contributed by atoms with Crippen molar-refractivity contribution in [1.29, 1.82) is 0 Å². The maximum absolute atomic E-state index is 6.13. The van der Waals surface area contributed by atoms with Gasteiger partial charge in [0.1, 0.15) is 0 Å². The molecule has 19 heavy (non-hydrogen) atoms. The lowest BCUT2D eigenvalue weighted by molar-refractivity contribution is 0.115. The van der Waals surface area contributed by atoms with Crippen LogP contribution in [0.25, 0.3) is 0 Å². The molecule has 2 unspecified atom stereocenters. The van der Waals surface area contributed by atoms with Crippen LogP contribution < -0.4 is 10.6 Å².